The third kappa shape index (κ3) is 3.97. The van der Waals surface area contributed by atoms with Crippen LogP contribution in [0.5, 0.6) is 11.5 Å². The van der Waals surface area contributed by atoms with Crippen LogP contribution in [0.25, 0.3) is 0 Å². The SMILES string of the molecule is O=C(CN=Cc1ccc(Cl)cc1Cl)c1ccc(O)c(O)c1. The van der Waals surface area contributed by atoms with Gasteiger partial charge in [0.15, 0.2) is 17.3 Å². The van der Waals surface area contributed by atoms with E-state index in [0.717, 1.165) is 0 Å². The van der Waals surface area contributed by atoms with Crippen LogP contribution in [0.2, 0.25) is 10.0 Å². The minimum atomic E-state index is -0.342. The van der Waals surface area contributed by atoms with Gasteiger partial charge in [-0.25, -0.2) is 0 Å². The highest BCUT2D eigenvalue weighted by atomic mass is 35.5. The highest BCUT2D eigenvalue weighted by molar-refractivity contribution is 6.36. The van der Waals surface area contributed by atoms with Crippen molar-refractivity contribution in [2.75, 3.05) is 6.54 Å². The summed E-state index contributed by atoms with van der Waals surface area (Å²) in [5, 5.41) is 19.5. The molecule has 21 heavy (non-hydrogen) atoms. The van der Waals surface area contributed by atoms with Crippen molar-refractivity contribution in [3.05, 3.63) is 57.6 Å². The van der Waals surface area contributed by atoms with E-state index < -0.39 is 0 Å². The molecule has 0 unspecified atom stereocenters. The largest absolute Gasteiger partial charge is 0.504 e. The molecular weight excluding hydrogens is 313 g/mol. The molecule has 108 valence electrons. The van der Waals surface area contributed by atoms with Gasteiger partial charge < -0.3 is 10.2 Å². The van der Waals surface area contributed by atoms with E-state index in [2.05, 4.69) is 4.99 Å². The van der Waals surface area contributed by atoms with E-state index in [-0.39, 0.29) is 29.4 Å². The first-order valence-electron chi connectivity index (χ1n) is 5.97. The minimum absolute atomic E-state index is 0.0941. The minimum Gasteiger partial charge on any atom is -0.504 e. The molecule has 0 radical (unpaired) electrons. The summed E-state index contributed by atoms with van der Waals surface area (Å²) in [5.41, 5.74) is 0.923. The molecule has 2 aromatic rings. The molecule has 0 amide bonds. The summed E-state index contributed by atoms with van der Waals surface area (Å²) < 4.78 is 0. The number of rotatable bonds is 4. The Labute approximate surface area is 131 Å². The first-order chi connectivity index (χ1) is 9.97. The Hall–Kier alpha value is -2.04. The molecule has 0 fully saturated rings. The third-order valence-electron chi connectivity index (χ3n) is 2.73. The number of benzene rings is 2. The summed E-state index contributed by atoms with van der Waals surface area (Å²) >= 11 is 11.8. The number of Topliss-reactive ketones (excluding diaryl/α,β-unsaturated/α-hetero) is 1. The molecule has 0 aliphatic heterocycles. The number of aliphatic imine (C=N–C) groups is 1. The molecule has 0 aliphatic rings. The standard InChI is InChI=1S/C15H11Cl2NO3/c16-11-3-1-10(12(17)6-11)7-18-8-15(21)9-2-4-13(19)14(20)5-9/h1-7,19-20H,8H2. The van der Waals surface area contributed by atoms with E-state index >= 15 is 0 Å². The molecule has 0 atom stereocenters. The van der Waals surface area contributed by atoms with Gasteiger partial charge in [0.1, 0.15) is 6.54 Å². The molecule has 0 saturated heterocycles. The van der Waals surface area contributed by atoms with Crippen molar-refractivity contribution in [1.29, 1.82) is 0 Å². The highest BCUT2D eigenvalue weighted by Gasteiger charge is 2.08. The van der Waals surface area contributed by atoms with Crippen LogP contribution in [0, 0.1) is 0 Å². The molecule has 4 nitrogen and oxygen atoms in total. The average molecular weight is 324 g/mol. The number of aromatic hydroxyl groups is 2. The summed E-state index contributed by atoms with van der Waals surface area (Å²) in [6.45, 7) is -0.0941. The molecule has 0 aliphatic carbocycles. The quantitative estimate of drug-likeness (QED) is 0.512. The van der Waals surface area contributed by atoms with E-state index in [1.54, 1.807) is 18.2 Å². The number of nitrogens with zero attached hydrogens (tertiary/aromatic N) is 1. The van der Waals surface area contributed by atoms with Gasteiger partial charge in [0, 0.05) is 22.4 Å². The van der Waals surface area contributed by atoms with Gasteiger partial charge in [0.2, 0.25) is 0 Å². The Kier molecular flexibility index (Phi) is 4.83. The summed E-state index contributed by atoms with van der Waals surface area (Å²) in [4.78, 5) is 15.9. The first-order valence-corrected chi connectivity index (χ1v) is 6.73. The normalized spacial score (nSPS) is 11.0. The van der Waals surface area contributed by atoms with Gasteiger partial charge in [0.25, 0.3) is 0 Å². The predicted molar refractivity (Wildman–Crippen MR) is 83.0 cm³/mol. The molecule has 0 saturated carbocycles. The fraction of sp³-hybridized carbons (Fsp3) is 0.0667. The van der Waals surface area contributed by atoms with Crippen LogP contribution in [-0.4, -0.2) is 28.8 Å². The first kappa shape index (κ1) is 15.4. The van der Waals surface area contributed by atoms with Crippen molar-refractivity contribution in [1.82, 2.24) is 0 Å². The molecule has 0 spiro atoms. The number of halogens is 2. The van der Waals surface area contributed by atoms with Crippen molar-refractivity contribution < 1.29 is 15.0 Å². The Morgan fingerprint density at radius 3 is 2.52 bits per heavy atom. The number of hydrogen-bond acceptors (Lipinski definition) is 4. The number of hydrogen-bond donors (Lipinski definition) is 2. The lowest BCUT2D eigenvalue weighted by Gasteiger charge is -2.01. The second-order valence-corrected chi connectivity index (χ2v) is 5.11. The number of carbonyl (C=O) groups is 1. The van der Waals surface area contributed by atoms with Crippen LogP contribution >= 0.6 is 23.2 Å². The van der Waals surface area contributed by atoms with Crippen molar-refractivity contribution in [3.63, 3.8) is 0 Å². The van der Waals surface area contributed by atoms with Crippen LogP contribution in [0.3, 0.4) is 0 Å². The number of phenols is 2. The topological polar surface area (TPSA) is 69.9 Å². The smallest absolute Gasteiger partial charge is 0.184 e. The molecule has 2 rings (SSSR count). The number of phenolic OH excluding ortho intramolecular Hbond substituents is 2. The van der Waals surface area contributed by atoms with Gasteiger partial charge >= 0.3 is 0 Å². The molecule has 6 heteroatoms. The second kappa shape index (κ2) is 6.61. The van der Waals surface area contributed by atoms with Gasteiger partial charge in [-0.05, 0) is 30.3 Å². The zero-order valence-electron chi connectivity index (χ0n) is 10.8. The lowest BCUT2D eigenvalue weighted by atomic mass is 10.1. The summed E-state index contributed by atoms with van der Waals surface area (Å²) in [5.74, 6) is -0.903. The van der Waals surface area contributed by atoms with Crippen LogP contribution in [0.4, 0.5) is 0 Å². The van der Waals surface area contributed by atoms with E-state index in [1.165, 1.54) is 24.4 Å². The maximum absolute atomic E-state index is 11.9. The summed E-state index contributed by atoms with van der Waals surface area (Å²) in [6.07, 6.45) is 1.48. The van der Waals surface area contributed by atoms with Gasteiger partial charge in [-0.3, -0.25) is 9.79 Å². The Morgan fingerprint density at radius 2 is 1.86 bits per heavy atom. The van der Waals surface area contributed by atoms with E-state index in [4.69, 9.17) is 23.2 Å². The lowest BCUT2D eigenvalue weighted by Crippen LogP contribution is -2.03. The summed E-state index contributed by atoms with van der Waals surface area (Å²) in [7, 11) is 0. The third-order valence-corrected chi connectivity index (χ3v) is 3.29. The highest BCUT2D eigenvalue weighted by Crippen LogP contribution is 2.25. The zero-order chi connectivity index (χ0) is 15.4. The maximum Gasteiger partial charge on any atom is 0.184 e. The molecular formula is C15H11Cl2NO3. The average Bonchev–Trinajstić information content (AvgIpc) is 2.44. The van der Waals surface area contributed by atoms with Crippen LogP contribution in [-0.2, 0) is 0 Å². The zero-order valence-corrected chi connectivity index (χ0v) is 12.3. The number of carbonyl (C=O) groups excluding carboxylic acids is 1. The number of ketones is 1. The van der Waals surface area contributed by atoms with E-state index in [9.17, 15) is 15.0 Å². The monoisotopic (exact) mass is 323 g/mol. The predicted octanol–water partition coefficient (Wildman–Crippen LogP) is 3.71. The fourth-order valence-electron chi connectivity index (χ4n) is 1.62. The van der Waals surface area contributed by atoms with Gasteiger partial charge in [-0.1, -0.05) is 29.3 Å². The van der Waals surface area contributed by atoms with Crippen LogP contribution < -0.4 is 0 Å². The molecule has 2 N–H and O–H groups in total. The van der Waals surface area contributed by atoms with E-state index in [1.807, 2.05) is 0 Å². The Morgan fingerprint density at radius 1 is 1.10 bits per heavy atom. The molecule has 0 aromatic heterocycles. The molecule has 2 aromatic carbocycles. The van der Waals surface area contributed by atoms with Gasteiger partial charge in [0.05, 0.1) is 5.02 Å². The Bertz CT molecular complexity index is 714. The molecule has 0 heterocycles. The maximum atomic E-state index is 11.9. The van der Waals surface area contributed by atoms with E-state index in [0.29, 0.717) is 15.6 Å². The van der Waals surface area contributed by atoms with Crippen molar-refractivity contribution in [2.24, 2.45) is 4.99 Å². The van der Waals surface area contributed by atoms with Crippen LogP contribution in [0.1, 0.15) is 15.9 Å². The van der Waals surface area contributed by atoms with Gasteiger partial charge in [-0.2, -0.15) is 0 Å². The lowest BCUT2D eigenvalue weighted by molar-refractivity contribution is 0.100. The van der Waals surface area contributed by atoms with Crippen molar-refractivity contribution in [2.45, 2.75) is 0 Å². The van der Waals surface area contributed by atoms with Crippen LogP contribution in [0.15, 0.2) is 41.4 Å². The summed E-state index contributed by atoms with van der Waals surface area (Å²) in [6, 6.07) is 8.83. The molecule has 0 bridgehead atoms. The van der Waals surface area contributed by atoms with Crippen molar-refractivity contribution >= 4 is 35.2 Å². The fourth-order valence-corrected chi connectivity index (χ4v) is 2.08. The van der Waals surface area contributed by atoms with Crippen molar-refractivity contribution in [3.8, 4) is 11.5 Å². The van der Waals surface area contributed by atoms with Gasteiger partial charge in [-0.15, -0.1) is 0 Å². The Balaban J connectivity index is 2.06. The second-order valence-electron chi connectivity index (χ2n) is 4.26.